The van der Waals surface area contributed by atoms with Gasteiger partial charge in [0.2, 0.25) is 5.91 Å². The highest BCUT2D eigenvalue weighted by molar-refractivity contribution is 5.96. The minimum atomic E-state index is -0.596. The lowest BCUT2D eigenvalue weighted by Gasteiger charge is -2.04. The van der Waals surface area contributed by atoms with Crippen LogP contribution in [-0.4, -0.2) is 29.1 Å². The average Bonchev–Trinajstić information content (AvgIpc) is 2.59. The molecule has 1 aromatic rings. The van der Waals surface area contributed by atoms with E-state index < -0.39 is 12.0 Å². The summed E-state index contributed by atoms with van der Waals surface area (Å²) in [6, 6.07) is 0.958. The van der Waals surface area contributed by atoms with Gasteiger partial charge in [-0.15, -0.1) is 12.4 Å². The summed E-state index contributed by atoms with van der Waals surface area (Å²) < 4.78 is 6.47. The van der Waals surface area contributed by atoms with Crippen LogP contribution in [0.2, 0.25) is 0 Å². The SMILES string of the molecule is CCOC(=O)c1cc(NC(=O)[C@H](C)N)cn1C.Cl. The first-order valence-electron chi connectivity index (χ1n) is 5.35. The molecule has 102 valence electrons. The second kappa shape index (κ2) is 7.03. The third kappa shape index (κ3) is 4.05. The largest absolute Gasteiger partial charge is 0.461 e. The Bertz CT molecular complexity index is 429. The third-order valence-electron chi connectivity index (χ3n) is 2.17. The highest BCUT2D eigenvalue weighted by Crippen LogP contribution is 2.14. The van der Waals surface area contributed by atoms with Crippen LogP contribution in [0.25, 0.3) is 0 Å². The molecule has 0 bridgehead atoms. The summed E-state index contributed by atoms with van der Waals surface area (Å²) in [4.78, 5) is 22.9. The van der Waals surface area contributed by atoms with Crippen molar-refractivity contribution in [2.75, 3.05) is 11.9 Å². The minimum absolute atomic E-state index is 0. The summed E-state index contributed by atoms with van der Waals surface area (Å²) in [5.41, 5.74) is 6.33. The van der Waals surface area contributed by atoms with E-state index in [0.29, 0.717) is 18.0 Å². The molecule has 0 aliphatic heterocycles. The molecule has 18 heavy (non-hydrogen) atoms. The maximum Gasteiger partial charge on any atom is 0.355 e. The quantitative estimate of drug-likeness (QED) is 0.800. The van der Waals surface area contributed by atoms with Gasteiger partial charge in [-0.05, 0) is 19.9 Å². The fourth-order valence-corrected chi connectivity index (χ4v) is 1.30. The molecule has 7 heteroatoms. The van der Waals surface area contributed by atoms with Gasteiger partial charge in [0.1, 0.15) is 5.69 Å². The number of esters is 1. The van der Waals surface area contributed by atoms with E-state index in [4.69, 9.17) is 10.5 Å². The molecule has 0 fully saturated rings. The van der Waals surface area contributed by atoms with Gasteiger partial charge in [-0.25, -0.2) is 4.79 Å². The Morgan fingerprint density at radius 2 is 2.17 bits per heavy atom. The van der Waals surface area contributed by atoms with E-state index in [9.17, 15) is 9.59 Å². The van der Waals surface area contributed by atoms with Crippen LogP contribution in [0.5, 0.6) is 0 Å². The number of rotatable bonds is 4. The van der Waals surface area contributed by atoms with E-state index in [2.05, 4.69) is 5.32 Å². The first-order valence-corrected chi connectivity index (χ1v) is 5.35. The van der Waals surface area contributed by atoms with Crippen molar-refractivity contribution >= 4 is 30.0 Å². The number of aromatic nitrogens is 1. The number of halogens is 1. The van der Waals surface area contributed by atoms with E-state index >= 15 is 0 Å². The van der Waals surface area contributed by atoms with Crippen LogP contribution >= 0.6 is 12.4 Å². The van der Waals surface area contributed by atoms with Crippen LogP contribution in [0.3, 0.4) is 0 Å². The molecule has 1 heterocycles. The number of aryl methyl sites for hydroxylation is 1. The molecule has 1 amide bonds. The van der Waals surface area contributed by atoms with E-state index in [0.717, 1.165) is 0 Å². The monoisotopic (exact) mass is 275 g/mol. The maximum atomic E-state index is 11.5. The Balaban J connectivity index is 0.00000289. The number of carbonyl (C=O) groups is 2. The first-order chi connectivity index (χ1) is 7.95. The Kier molecular flexibility index (Phi) is 6.43. The predicted molar refractivity (Wildman–Crippen MR) is 70.9 cm³/mol. The number of anilines is 1. The summed E-state index contributed by atoms with van der Waals surface area (Å²) in [5, 5.41) is 2.61. The fraction of sp³-hybridized carbons (Fsp3) is 0.455. The molecule has 0 aliphatic carbocycles. The van der Waals surface area contributed by atoms with Crippen LogP contribution in [0.15, 0.2) is 12.3 Å². The van der Waals surface area contributed by atoms with Crippen LogP contribution in [-0.2, 0) is 16.6 Å². The molecule has 0 spiro atoms. The van der Waals surface area contributed by atoms with Gasteiger partial charge in [-0.1, -0.05) is 0 Å². The van der Waals surface area contributed by atoms with Gasteiger partial charge < -0.3 is 20.4 Å². The highest BCUT2D eigenvalue weighted by atomic mass is 35.5. The normalized spacial score (nSPS) is 11.3. The second-order valence-corrected chi connectivity index (χ2v) is 3.72. The molecule has 1 rings (SSSR count). The number of carbonyl (C=O) groups excluding carboxylic acids is 2. The summed E-state index contributed by atoms with van der Waals surface area (Å²) >= 11 is 0. The Hall–Kier alpha value is -1.53. The van der Waals surface area contributed by atoms with Crippen molar-refractivity contribution in [1.82, 2.24) is 4.57 Å². The molecule has 0 saturated heterocycles. The number of amides is 1. The Morgan fingerprint density at radius 3 is 2.67 bits per heavy atom. The van der Waals surface area contributed by atoms with E-state index in [1.807, 2.05) is 0 Å². The van der Waals surface area contributed by atoms with Gasteiger partial charge in [0.05, 0.1) is 18.3 Å². The van der Waals surface area contributed by atoms with Crippen molar-refractivity contribution in [2.45, 2.75) is 19.9 Å². The lowest BCUT2D eigenvalue weighted by molar-refractivity contribution is -0.117. The first kappa shape index (κ1) is 16.5. The van der Waals surface area contributed by atoms with Gasteiger partial charge in [0, 0.05) is 13.2 Å². The van der Waals surface area contributed by atoms with E-state index in [-0.39, 0.29) is 18.3 Å². The predicted octanol–water partition coefficient (Wildman–Crippen LogP) is 0.909. The van der Waals surface area contributed by atoms with E-state index in [1.54, 1.807) is 37.7 Å². The third-order valence-corrected chi connectivity index (χ3v) is 2.17. The van der Waals surface area contributed by atoms with Gasteiger partial charge >= 0.3 is 5.97 Å². The number of ether oxygens (including phenoxy) is 1. The van der Waals surface area contributed by atoms with Crippen LogP contribution in [0.4, 0.5) is 5.69 Å². The molecule has 1 aromatic heterocycles. The lowest BCUT2D eigenvalue weighted by atomic mass is 10.3. The number of nitrogens with zero attached hydrogens (tertiary/aromatic N) is 1. The standard InChI is InChI=1S/C11H17N3O3.ClH/c1-4-17-11(16)9-5-8(6-14(9)3)13-10(15)7(2)12;/h5-7H,4,12H2,1-3H3,(H,13,15);1H/t7-;/m0./s1. The zero-order valence-electron chi connectivity index (χ0n) is 10.6. The molecule has 0 radical (unpaired) electrons. The van der Waals surface area contributed by atoms with Gasteiger partial charge in [-0.3, -0.25) is 4.79 Å². The zero-order chi connectivity index (χ0) is 13.0. The molecule has 6 nitrogen and oxygen atoms in total. The number of hydrogen-bond acceptors (Lipinski definition) is 4. The number of nitrogens with one attached hydrogen (secondary N) is 1. The summed E-state index contributed by atoms with van der Waals surface area (Å²) in [7, 11) is 1.70. The topological polar surface area (TPSA) is 86.3 Å². The van der Waals surface area contributed by atoms with Gasteiger partial charge in [0.15, 0.2) is 0 Å². The summed E-state index contributed by atoms with van der Waals surface area (Å²) in [6.07, 6.45) is 1.63. The second-order valence-electron chi connectivity index (χ2n) is 3.72. The molecular formula is C11H18ClN3O3. The van der Waals surface area contributed by atoms with Gasteiger partial charge in [0.25, 0.3) is 0 Å². The maximum absolute atomic E-state index is 11.5. The van der Waals surface area contributed by atoms with Crippen LogP contribution < -0.4 is 11.1 Å². The average molecular weight is 276 g/mol. The lowest BCUT2D eigenvalue weighted by Crippen LogP contribution is -2.32. The Morgan fingerprint density at radius 1 is 1.56 bits per heavy atom. The van der Waals surface area contributed by atoms with Crippen molar-refractivity contribution in [3.05, 3.63) is 18.0 Å². The summed E-state index contributed by atoms with van der Waals surface area (Å²) in [5.74, 6) is -0.720. The van der Waals surface area contributed by atoms with Crippen LogP contribution in [0, 0.1) is 0 Å². The Labute approximate surface area is 112 Å². The molecule has 0 unspecified atom stereocenters. The number of nitrogens with two attached hydrogens (primary N) is 1. The minimum Gasteiger partial charge on any atom is -0.461 e. The van der Waals surface area contributed by atoms with E-state index in [1.165, 1.54) is 0 Å². The van der Waals surface area contributed by atoms with Crippen molar-refractivity contribution in [3.63, 3.8) is 0 Å². The molecule has 0 aliphatic rings. The van der Waals surface area contributed by atoms with Crippen LogP contribution in [0.1, 0.15) is 24.3 Å². The highest BCUT2D eigenvalue weighted by Gasteiger charge is 2.15. The number of hydrogen-bond donors (Lipinski definition) is 2. The van der Waals surface area contributed by atoms with Crippen molar-refractivity contribution in [2.24, 2.45) is 12.8 Å². The van der Waals surface area contributed by atoms with Crippen molar-refractivity contribution < 1.29 is 14.3 Å². The fourth-order valence-electron chi connectivity index (χ4n) is 1.30. The smallest absolute Gasteiger partial charge is 0.355 e. The summed E-state index contributed by atoms with van der Waals surface area (Å²) in [6.45, 7) is 3.63. The molecule has 1 atom stereocenters. The van der Waals surface area contributed by atoms with Crippen molar-refractivity contribution in [1.29, 1.82) is 0 Å². The molecular weight excluding hydrogens is 258 g/mol. The zero-order valence-corrected chi connectivity index (χ0v) is 11.4. The molecule has 0 saturated carbocycles. The van der Waals surface area contributed by atoms with Gasteiger partial charge in [-0.2, -0.15) is 0 Å². The molecule has 3 N–H and O–H groups in total. The van der Waals surface area contributed by atoms with Crippen molar-refractivity contribution in [3.8, 4) is 0 Å². The molecule has 0 aromatic carbocycles.